The van der Waals surface area contributed by atoms with E-state index in [2.05, 4.69) is 20.4 Å². The van der Waals surface area contributed by atoms with Crippen LogP contribution in [0, 0.1) is 0 Å². The van der Waals surface area contributed by atoms with E-state index in [4.69, 9.17) is 4.74 Å². The molecule has 7 heteroatoms. The number of nitrogens with zero attached hydrogens (tertiary/aromatic N) is 3. The molecule has 0 spiro atoms. The first-order valence-corrected chi connectivity index (χ1v) is 7.82. The number of hydrogen-bond donors (Lipinski definition) is 2. The second-order valence-electron chi connectivity index (χ2n) is 5.62. The Kier molecular flexibility index (Phi) is 3.53. The summed E-state index contributed by atoms with van der Waals surface area (Å²) in [7, 11) is 1.63. The van der Waals surface area contributed by atoms with Crippen LogP contribution in [-0.2, 0) is 6.42 Å². The van der Waals surface area contributed by atoms with Crippen molar-refractivity contribution in [2.24, 2.45) is 0 Å². The molecule has 4 rings (SSSR count). The number of ether oxygens (including phenoxy) is 1. The second-order valence-corrected chi connectivity index (χ2v) is 5.62. The van der Waals surface area contributed by atoms with Crippen LogP contribution in [-0.4, -0.2) is 39.3 Å². The average molecular weight is 323 g/mol. The largest absolute Gasteiger partial charge is 0.494 e. The van der Waals surface area contributed by atoms with Gasteiger partial charge in [-0.2, -0.15) is 5.10 Å². The molecule has 2 N–H and O–H groups in total. The molecule has 122 valence electrons. The van der Waals surface area contributed by atoms with Gasteiger partial charge in [-0.15, -0.1) is 0 Å². The zero-order chi connectivity index (χ0) is 16.5. The van der Waals surface area contributed by atoms with Gasteiger partial charge in [0.25, 0.3) is 5.91 Å². The molecule has 0 unspecified atom stereocenters. The second kappa shape index (κ2) is 5.84. The van der Waals surface area contributed by atoms with E-state index >= 15 is 0 Å². The van der Waals surface area contributed by atoms with E-state index < -0.39 is 0 Å². The van der Waals surface area contributed by atoms with Gasteiger partial charge in [-0.1, -0.05) is 12.1 Å². The predicted octanol–water partition coefficient (Wildman–Crippen LogP) is 1.95. The maximum atomic E-state index is 12.0. The van der Waals surface area contributed by atoms with Crippen molar-refractivity contribution in [3.63, 3.8) is 0 Å². The van der Waals surface area contributed by atoms with E-state index in [-0.39, 0.29) is 5.91 Å². The highest BCUT2D eigenvalue weighted by Gasteiger charge is 2.21. The van der Waals surface area contributed by atoms with E-state index in [0.29, 0.717) is 18.1 Å². The van der Waals surface area contributed by atoms with Gasteiger partial charge in [-0.3, -0.25) is 4.79 Å². The number of H-pyrrole nitrogens is 1. The SMILES string of the molecule is COc1ccccc1-n1cc(-c2nc3c([nH]2)CCCNC3=O)cn1. The number of fused-ring (bicyclic) bond motifs is 1. The van der Waals surface area contributed by atoms with Crippen molar-refractivity contribution in [2.45, 2.75) is 12.8 Å². The van der Waals surface area contributed by atoms with Crippen LogP contribution in [0.4, 0.5) is 0 Å². The highest BCUT2D eigenvalue weighted by Crippen LogP contribution is 2.25. The molecule has 0 fully saturated rings. The van der Waals surface area contributed by atoms with Crippen LogP contribution in [0.1, 0.15) is 22.6 Å². The van der Waals surface area contributed by atoms with Crippen LogP contribution >= 0.6 is 0 Å². The van der Waals surface area contributed by atoms with Gasteiger partial charge in [0, 0.05) is 18.4 Å². The zero-order valence-electron chi connectivity index (χ0n) is 13.2. The average Bonchev–Trinajstić information content (AvgIpc) is 3.22. The van der Waals surface area contributed by atoms with Gasteiger partial charge in [0.15, 0.2) is 0 Å². The first kappa shape index (κ1) is 14.5. The number of benzene rings is 1. The van der Waals surface area contributed by atoms with Crippen LogP contribution in [0.3, 0.4) is 0 Å². The molecule has 0 atom stereocenters. The van der Waals surface area contributed by atoms with E-state index in [1.54, 1.807) is 18.0 Å². The van der Waals surface area contributed by atoms with Crippen LogP contribution in [0.25, 0.3) is 17.1 Å². The van der Waals surface area contributed by atoms with Crippen LogP contribution in [0.5, 0.6) is 5.75 Å². The minimum absolute atomic E-state index is 0.123. The summed E-state index contributed by atoms with van der Waals surface area (Å²) in [6.07, 6.45) is 5.30. The van der Waals surface area contributed by atoms with Crippen molar-refractivity contribution in [2.75, 3.05) is 13.7 Å². The topological polar surface area (TPSA) is 84.8 Å². The van der Waals surface area contributed by atoms with Gasteiger partial charge in [0.2, 0.25) is 0 Å². The lowest BCUT2D eigenvalue weighted by Crippen LogP contribution is -2.23. The van der Waals surface area contributed by atoms with E-state index in [1.165, 1.54) is 0 Å². The first-order valence-electron chi connectivity index (χ1n) is 7.82. The molecule has 0 radical (unpaired) electrons. The zero-order valence-corrected chi connectivity index (χ0v) is 13.2. The van der Waals surface area contributed by atoms with E-state index in [1.807, 2.05) is 30.5 Å². The summed E-state index contributed by atoms with van der Waals surface area (Å²) in [5, 5.41) is 7.24. The molecule has 3 heterocycles. The maximum absolute atomic E-state index is 12.0. The Labute approximate surface area is 138 Å². The Hall–Kier alpha value is -3.09. The summed E-state index contributed by atoms with van der Waals surface area (Å²) < 4.78 is 7.11. The lowest BCUT2D eigenvalue weighted by atomic mass is 10.2. The normalized spacial score (nSPS) is 14.0. The van der Waals surface area contributed by atoms with Crippen LogP contribution in [0.15, 0.2) is 36.7 Å². The summed E-state index contributed by atoms with van der Waals surface area (Å²) in [6, 6.07) is 7.66. The van der Waals surface area contributed by atoms with Gasteiger partial charge in [-0.05, 0) is 25.0 Å². The molecule has 2 aromatic heterocycles. The lowest BCUT2D eigenvalue weighted by molar-refractivity contribution is 0.0951. The van der Waals surface area contributed by atoms with Crippen LogP contribution in [0.2, 0.25) is 0 Å². The molecule has 0 saturated heterocycles. The third-order valence-electron chi connectivity index (χ3n) is 4.07. The number of aromatic nitrogens is 4. The number of carbonyl (C=O) groups excluding carboxylic acids is 1. The molecule has 1 amide bonds. The van der Waals surface area contributed by atoms with Gasteiger partial charge >= 0.3 is 0 Å². The third kappa shape index (κ3) is 2.44. The van der Waals surface area contributed by atoms with Gasteiger partial charge in [0.05, 0.1) is 18.9 Å². The monoisotopic (exact) mass is 323 g/mol. The fraction of sp³-hybridized carbons (Fsp3) is 0.235. The third-order valence-corrected chi connectivity index (χ3v) is 4.07. The number of nitrogens with one attached hydrogen (secondary N) is 2. The molecule has 1 aliphatic rings. The predicted molar refractivity (Wildman–Crippen MR) is 88.4 cm³/mol. The molecule has 0 aliphatic carbocycles. The number of hydrogen-bond acceptors (Lipinski definition) is 4. The van der Waals surface area contributed by atoms with Crippen LogP contribution < -0.4 is 10.1 Å². The molecule has 7 nitrogen and oxygen atoms in total. The number of carbonyl (C=O) groups is 1. The van der Waals surface area contributed by atoms with Gasteiger partial charge < -0.3 is 15.0 Å². The fourth-order valence-electron chi connectivity index (χ4n) is 2.86. The molecular weight excluding hydrogens is 306 g/mol. The summed E-state index contributed by atoms with van der Waals surface area (Å²) >= 11 is 0. The number of rotatable bonds is 3. The molecule has 3 aromatic rings. The molecule has 24 heavy (non-hydrogen) atoms. The Bertz CT molecular complexity index is 896. The minimum atomic E-state index is -0.123. The molecule has 1 aromatic carbocycles. The van der Waals surface area contributed by atoms with Crippen molar-refractivity contribution in [1.82, 2.24) is 25.1 Å². The summed E-state index contributed by atoms with van der Waals surface area (Å²) in [6.45, 7) is 0.685. The maximum Gasteiger partial charge on any atom is 0.271 e. The number of methoxy groups -OCH3 is 1. The van der Waals surface area contributed by atoms with E-state index in [0.717, 1.165) is 35.5 Å². The van der Waals surface area contributed by atoms with Crippen molar-refractivity contribution < 1.29 is 9.53 Å². The minimum Gasteiger partial charge on any atom is -0.494 e. The van der Waals surface area contributed by atoms with Crippen molar-refractivity contribution in [1.29, 1.82) is 0 Å². The van der Waals surface area contributed by atoms with Crippen molar-refractivity contribution in [3.05, 3.63) is 48.0 Å². The smallest absolute Gasteiger partial charge is 0.271 e. The number of aromatic amines is 1. The molecule has 0 bridgehead atoms. The van der Waals surface area contributed by atoms with Crippen molar-refractivity contribution >= 4 is 5.91 Å². The van der Waals surface area contributed by atoms with Gasteiger partial charge in [-0.25, -0.2) is 9.67 Å². The summed E-state index contributed by atoms with van der Waals surface area (Å²) in [5.74, 6) is 1.27. The number of imidazole rings is 1. The Balaban J connectivity index is 1.71. The van der Waals surface area contributed by atoms with E-state index in [9.17, 15) is 4.79 Å². The molecule has 1 aliphatic heterocycles. The number of para-hydroxylation sites is 2. The summed E-state index contributed by atoms with van der Waals surface area (Å²) in [4.78, 5) is 19.7. The Morgan fingerprint density at radius 1 is 1.29 bits per heavy atom. The number of amides is 1. The highest BCUT2D eigenvalue weighted by atomic mass is 16.5. The standard InChI is InChI=1S/C17H17N5O2/c1-24-14-7-3-2-6-13(14)22-10-11(9-19-22)16-20-12-5-4-8-18-17(23)15(12)21-16/h2-3,6-7,9-10H,4-5,8H2,1H3,(H,18,23)(H,20,21). The first-order chi connectivity index (χ1) is 11.8. The molecule has 0 saturated carbocycles. The molecular formula is C17H17N5O2. The lowest BCUT2D eigenvalue weighted by Gasteiger charge is -2.07. The number of aryl methyl sites for hydroxylation is 1. The highest BCUT2D eigenvalue weighted by molar-refractivity contribution is 5.94. The summed E-state index contributed by atoms with van der Waals surface area (Å²) in [5.41, 5.74) is 3.02. The Morgan fingerprint density at radius 2 is 2.17 bits per heavy atom. The van der Waals surface area contributed by atoms with Gasteiger partial charge in [0.1, 0.15) is 23.0 Å². The Morgan fingerprint density at radius 3 is 3.04 bits per heavy atom. The quantitative estimate of drug-likeness (QED) is 0.771. The fourth-order valence-corrected chi connectivity index (χ4v) is 2.86. The van der Waals surface area contributed by atoms with Crippen molar-refractivity contribution in [3.8, 4) is 22.8 Å².